The zero-order chi connectivity index (χ0) is 12.3. The lowest BCUT2D eigenvalue weighted by Gasteiger charge is -2.33. The first kappa shape index (κ1) is 15.8. The van der Waals surface area contributed by atoms with E-state index in [1.807, 2.05) is 5.70 Å². The summed E-state index contributed by atoms with van der Waals surface area (Å²) in [6.45, 7) is 16.6. The normalized spacial score (nSPS) is 14.1. The van der Waals surface area contributed by atoms with Crippen molar-refractivity contribution in [2.45, 2.75) is 51.4 Å². The lowest BCUT2D eigenvalue weighted by Crippen LogP contribution is -2.43. The Kier molecular flexibility index (Phi) is 5.74. The van der Waals surface area contributed by atoms with E-state index in [0.717, 1.165) is 0 Å². The second-order valence-corrected chi connectivity index (χ2v) is 24.7. The van der Waals surface area contributed by atoms with Gasteiger partial charge in [-0.25, -0.2) is 0 Å². The molecule has 0 saturated heterocycles. The van der Waals surface area contributed by atoms with Crippen molar-refractivity contribution >= 4 is 38.6 Å². The van der Waals surface area contributed by atoms with Crippen LogP contribution in [0.5, 0.6) is 0 Å². The standard InChI is InChI=1S/C10H25BrOSi3/c1-8-14(4,5)12-15(6,7)10-9-13(2,3)11/h8H,1,9-10H2,2-7H3. The molecular formula is C10H25BrOSi3. The summed E-state index contributed by atoms with van der Waals surface area (Å²) in [5, 5.41) is 0. The third-order valence-corrected chi connectivity index (χ3v) is 12.2. The second kappa shape index (κ2) is 5.44. The average molecular weight is 325 g/mol. The maximum absolute atomic E-state index is 6.33. The van der Waals surface area contributed by atoms with Gasteiger partial charge < -0.3 is 4.12 Å². The number of hydrogen-bond acceptors (Lipinski definition) is 1. The van der Waals surface area contributed by atoms with Crippen molar-refractivity contribution in [2.24, 2.45) is 0 Å². The van der Waals surface area contributed by atoms with Crippen molar-refractivity contribution < 1.29 is 4.12 Å². The highest BCUT2D eigenvalue weighted by Gasteiger charge is 2.32. The molecule has 0 fully saturated rings. The van der Waals surface area contributed by atoms with Crippen molar-refractivity contribution in [1.82, 2.24) is 0 Å². The van der Waals surface area contributed by atoms with Gasteiger partial charge in [-0.15, -0.1) is 21.9 Å². The fourth-order valence-corrected chi connectivity index (χ4v) is 14.4. The molecule has 0 radical (unpaired) electrons. The predicted octanol–water partition coefficient (Wildman–Crippen LogP) is 4.74. The highest BCUT2D eigenvalue weighted by atomic mass is 79.9. The molecule has 15 heavy (non-hydrogen) atoms. The molecule has 0 saturated carbocycles. The van der Waals surface area contributed by atoms with Gasteiger partial charge in [-0.05, 0) is 38.3 Å². The van der Waals surface area contributed by atoms with Gasteiger partial charge in [0.2, 0.25) is 0 Å². The zero-order valence-electron chi connectivity index (χ0n) is 11.0. The Labute approximate surface area is 106 Å². The van der Waals surface area contributed by atoms with Crippen LogP contribution in [0, 0.1) is 0 Å². The Bertz CT molecular complexity index is 221. The molecule has 5 heteroatoms. The monoisotopic (exact) mass is 324 g/mol. The number of hydrogen-bond donors (Lipinski definition) is 0. The molecule has 0 aliphatic rings. The summed E-state index contributed by atoms with van der Waals surface area (Å²) < 4.78 is 6.33. The molecule has 0 N–H and O–H groups in total. The van der Waals surface area contributed by atoms with Crippen LogP contribution in [0.15, 0.2) is 12.3 Å². The molecule has 0 atom stereocenters. The second-order valence-electron chi connectivity index (χ2n) is 5.89. The fraction of sp³-hybridized carbons (Fsp3) is 0.800. The van der Waals surface area contributed by atoms with E-state index in [4.69, 9.17) is 4.12 Å². The van der Waals surface area contributed by atoms with Gasteiger partial charge in [0.05, 0.1) is 0 Å². The maximum atomic E-state index is 6.33. The van der Waals surface area contributed by atoms with Crippen LogP contribution >= 0.6 is 15.3 Å². The van der Waals surface area contributed by atoms with Crippen molar-refractivity contribution in [1.29, 1.82) is 0 Å². The molecule has 0 rings (SSSR count). The quantitative estimate of drug-likeness (QED) is 0.506. The molecule has 0 aromatic rings. The first-order chi connectivity index (χ1) is 6.47. The predicted molar refractivity (Wildman–Crippen MR) is 82.3 cm³/mol. The summed E-state index contributed by atoms with van der Waals surface area (Å²) in [6, 6.07) is 2.58. The summed E-state index contributed by atoms with van der Waals surface area (Å²) in [7, 11) is -3.06. The van der Waals surface area contributed by atoms with Gasteiger partial charge >= 0.3 is 0 Å². The van der Waals surface area contributed by atoms with Gasteiger partial charge in [-0.1, -0.05) is 18.8 Å². The van der Waals surface area contributed by atoms with Crippen molar-refractivity contribution in [3.63, 3.8) is 0 Å². The minimum Gasteiger partial charge on any atom is -0.453 e. The van der Waals surface area contributed by atoms with Crippen LogP contribution < -0.4 is 0 Å². The number of halogens is 1. The van der Waals surface area contributed by atoms with E-state index in [2.05, 4.69) is 61.2 Å². The van der Waals surface area contributed by atoms with E-state index < -0.39 is 23.3 Å². The minimum absolute atomic E-state index is 1.10. The Morgan fingerprint density at radius 2 is 1.53 bits per heavy atom. The third kappa shape index (κ3) is 8.62. The smallest absolute Gasteiger partial charge is 0.197 e. The topological polar surface area (TPSA) is 9.23 Å². The Morgan fingerprint density at radius 1 is 1.07 bits per heavy atom. The maximum Gasteiger partial charge on any atom is 0.197 e. The highest BCUT2D eigenvalue weighted by molar-refractivity contribution is 9.26. The van der Waals surface area contributed by atoms with Gasteiger partial charge in [-0.2, -0.15) is 0 Å². The van der Waals surface area contributed by atoms with Crippen LogP contribution in [0.2, 0.25) is 51.4 Å². The van der Waals surface area contributed by atoms with Gasteiger partial charge in [0, 0.05) is 0 Å². The molecule has 1 nitrogen and oxygen atoms in total. The molecule has 0 aliphatic heterocycles. The molecule has 0 heterocycles. The lowest BCUT2D eigenvalue weighted by molar-refractivity contribution is 0.556. The summed E-state index contributed by atoms with van der Waals surface area (Å²) in [5.41, 5.74) is 2.04. The van der Waals surface area contributed by atoms with E-state index in [1.165, 1.54) is 12.1 Å². The molecule has 0 unspecified atom stereocenters. The van der Waals surface area contributed by atoms with Crippen LogP contribution in [-0.2, 0) is 4.12 Å². The zero-order valence-corrected chi connectivity index (χ0v) is 15.6. The van der Waals surface area contributed by atoms with E-state index in [9.17, 15) is 0 Å². The van der Waals surface area contributed by atoms with Gasteiger partial charge in [0.1, 0.15) is 6.69 Å². The van der Waals surface area contributed by atoms with Crippen LogP contribution in [0.3, 0.4) is 0 Å². The Morgan fingerprint density at radius 3 is 1.87 bits per heavy atom. The van der Waals surface area contributed by atoms with Gasteiger partial charge in [0.15, 0.2) is 16.6 Å². The van der Waals surface area contributed by atoms with Crippen LogP contribution in [0.25, 0.3) is 0 Å². The minimum atomic E-state index is -1.58. The van der Waals surface area contributed by atoms with Crippen LogP contribution in [0.1, 0.15) is 0 Å². The van der Waals surface area contributed by atoms with E-state index >= 15 is 0 Å². The molecular weight excluding hydrogens is 300 g/mol. The average Bonchev–Trinajstić information content (AvgIpc) is 1.98. The summed E-state index contributed by atoms with van der Waals surface area (Å²) in [6.07, 6.45) is 0. The number of rotatable bonds is 6. The summed E-state index contributed by atoms with van der Waals surface area (Å²) >= 11 is 3.82. The molecule has 0 aliphatic carbocycles. The summed E-state index contributed by atoms with van der Waals surface area (Å²) in [4.78, 5) is 0. The van der Waals surface area contributed by atoms with E-state index in [-0.39, 0.29) is 0 Å². The fourth-order valence-electron chi connectivity index (χ4n) is 1.40. The SMILES string of the molecule is C=C[Si](C)(C)O[Si](C)(C)CC[Si](C)(C)Br. The van der Waals surface area contributed by atoms with E-state index in [0.29, 0.717) is 0 Å². The Balaban J connectivity index is 4.25. The Hall–Kier alpha value is 0.831. The molecule has 0 amide bonds. The third-order valence-electron chi connectivity index (χ3n) is 2.35. The van der Waals surface area contributed by atoms with E-state index in [1.54, 1.807) is 0 Å². The van der Waals surface area contributed by atoms with Crippen LogP contribution in [0.4, 0.5) is 0 Å². The highest BCUT2D eigenvalue weighted by Crippen LogP contribution is 2.27. The van der Waals surface area contributed by atoms with Crippen molar-refractivity contribution in [2.75, 3.05) is 0 Å². The van der Waals surface area contributed by atoms with Crippen LogP contribution in [-0.4, -0.2) is 23.3 Å². The largest absolute Gasteiger partial charge is 0.453 e. The van der Waals surface area contributed by atoms with Crippen molar-refractivity contribution in [3.05, 3.63) is 12.3 Å². The molecule has 0 aromatic heterocycles. The first-order valence-electron chi connectivity index (χ1n) is 5.50. The molecule has 90 valence electrons. The van der Waals surface area contributed by atoms with Crippen molar-refractivity contribution in [3.8, 4) is 0 Å². The lowest BCUT2D eigenvalue weighted by atomic mass is 10.9. The molecule has 0 spiro atoms. The first-order valence-corrected chi connectivity index (χ1v) is 17.1. The van der Waals surface area contributed by atoms with Gasteiger partial charge in [-0.3, -0.25) is 0 Å². The summed E-state index contributed by atoms with van der Waals surface area (Å²) in [5.74, 6) is 0. The van der Waals surface area contributed by atoms with Gasteiger partial charge in [0.25, 0.3) is 0 Å². The molecule has 0 aromatic carbocycles. The molecule has 0 bridgehead atoms.